The maximum Gasteiger partial charge on any atom is 0.312 e. The average Bonchev–Trinajstić information content (AvgIpc) is 2.99. The van der Waals surface area contributed by atoms with Crippen molar-refractivity contribution >= 4 is 33.2 Å². The highest BCUT2D eigenvalue weighted by Gasteiger charge is 2.18. The molecule has 0 saturated carbocycles. The number of nitrogens with two attached hydrogens (primary N) is 1. The topological polar surface area (TPSA) is 128 Å². The SMILES string of the molecule is Cc1nc(CC(=O)OC(C)C(=O)NCCc2ccc(S(N)(=O)=O)cc2)cs1. The molecule has 1 unspecified atom stereocenters. The van der Waals surface area contributed by atoms with Gasteiger partial charge in [0.05, 0.1) is 22.0 Å². The van der Waals surface area contributed by atoms with Crippen molar-refractivity contribution in [1.82, 2.24) is 10.3 Å². The predicted octanol–water partition coefficient (Wildman–Crippen LogP) is 0.932. The number of amides is 1. The van der Waals surface area contributed by atoms with Gasteiger partial charge in [-0.05, 0) is 38.0 Å². The minimum absolute atomic E-state index is 0.0262. The monoisotopic (exact) mass is 411 g/mol. The molecule has 0 aliphatic carbocycles. The highest BCUT2D eigenvalue weighted by Crippen LogP contribution is 2.10. The van der Waals surface area contributed by atoms with Crippen LogP contribution in [-0.2, 0) is 37.2 Å². The van der Waals surface area contributed by atoms with Crippen LogP contribution in [0.15, 0.2) is 34.5 Å². The largest absolute Gasteiger partial charge is 0.452 e. The molecule has 27 heavy (non-hydrogen) atoms. The molecule has 2 rings (SSSR count). The number of nitrogens with one attached hydrogen (secondary N) is 1. The number of nitrogens with zero attached hydrogens (tertiary/aromatic N) is 1. The first-order chi connectivity index (χ1) is 12.6. The smallest absolute Gasteiger partial charge is 0.312 e. The number of aromatic nitrogens is 1. The Bertz CT molecular complexity index is 907. The van der Waals surface area contributed by atoms with Crippen molar-refractivity contribution in [3.05, 3.63) is 45.9 Å². The van der Waals surface area contributed by atoms with Crippen LogP contribution in [0.3, 0.4) is 0 Å². The molecule has 0 radical (unpaired) electrons. The molecule has 146 valence electrons. The number of primary sulfonamides is 1. The molecule has 10 heteroatoms. The van der Waals surface area contributed by atoms with Gasteiger partial charge in [-0.2, -0.15) is 0 Å². The van der Waals surface area contributed by atoms with Crippen LogP contribution >= 0.6 is 11.3 Å². The predicted molar refractivity (Wildman–Crippen MR) is 101 cm³/mol. The zero-order chi connectivity index (χ0) is 20.0. The van der Waals surface area contributed by atoms with Crippen molar-refractivity contribution in [2.45, 2.75) is 37.7 Å². The number of benzene rings is 1. The molecule has 0 bridgehead atoms. The van der Waals surface area contributed by atoms with E-state index in [0.717, 1.165) is 10.6 Å². The summed E-state index contributed by atoms with van der Waals surface area (Å²) in [5.41, 5.74) is 1.46. The van der Waals surface area contributed by atoms with Crippen LogP contribution in [0, 0.1) is 6.92 Å². The fourth-order valence-corrected chi connectivity index (χ4v) is 3.38. The maximum absolute atomic E-state index is 12.0. The van der Waals surface area contributed by atoms with E-state index in [-0.39, 0.29) is 11.3 Å². The summed E-state index contributed by atoms with van der Waals surface area (Å²) in [5, 5.41) is 10.4. The molecule has 0 saturated heterocycles. The van der Waals surface area contributed by atoms with Crippen molar-refractivity contribution in [3.8, 4) is 0 Å². The van der Waals surface area contributed by atoms with Crippen LogP contribution in [0.5, 0.6) is 0 Å². The van der Waals surface area contributed by atoms with Gasteiger partial charge < -0.3 is 10.1 Å². The van der Waals surface area contributed by atoms with Crippen LogP contribution in [0.2, 0.25) is 0 Å². The first-order valence-corrected chi connectivity index (χ1v) is 10.6. The summed E-state index contributed by atoms with van der Waals surface area (Å²) in [6.07, 6.45) is -0.393. The number of carbonyl (C=O) groups excluding carboxylic acids is 2. The third-order valence-electron chi connectivity index (χ3n) is 3.63. The van der Waals surface area contributed by atoms with Gasteiger partial charge in [-0.25, -0.2) is 18.5 Å². The van der Waals surface area contributed by atoms with Gasteiger partial charge in [0.25, 0.3) is 5.91 Å². The molecule has 0 fully saturated rings. The van der Waals surface area contributed by atoms with E-state index in [9.17, 15) is 18.0 Å². The summed E-state index contributed by atoms with van der Waals surface area (Å²) >= 11 is 1.44. The van der Waals surface area contributed by atoms with Crippen LogP contribution in [-0.4, -0.2) is 37.9 Å². The molecular formula is C17H21N3O5S2. The summed E-state index contributed by atoms with van der Waals surface area (Å²) in [7, 11) is -3.72. The third-order valence-corrected chi connectivity index (χ3v) is 5.39. The maximum atomic E-state index is 12.0. The van der Waals surface area contributed by atoms with Gasteiger partial charge >= 0.3 is 5.97 Å². The quantitative estimate of drug-likeness (QED) is 0.622. The van der Waals surface area contributed by atoms with Gasteiger partial charge in [-0.1, -0.05) is 12.1 Å². The van der Waals surface area contributed by atoms with E-state index in [1.165, 1.54) is 30.4 Å². The lowest BCUT2D eigenvalue weighted by Crippen LogP contribution is -2.37. The molecule has 1 aromatic heterocycles. The number of aryl methyl sites for hydroxylation is 1. The van der Waals surface area contributed by atoms with E-state index in [4.69, 9.17) is 9.88 Å². The van der Waals surface area contributed by atoms with E-state index < -0.39 is 28.0 Å². The van der Waals surface area contributed by atoms with E-state index in [2.05, 4.69) is 10.3 Å². The molecule has 0 aliphatic heterocycles. The minimum Gasteiger partial charge on any atom is -0.452 e. The Labute approximate surface area is 161 Å². The summed E-state index contributed by atoms with van der Waals surface area (Å²) in [6, 6.07) is 6.09. The van der Waals surface area contributed by atoms with E-state index in [1.54, 1.807) is 17.5 Å². The van der Waals surface area contributed by atoms with Crippen LogP contribution in [0.4, 0.5) is 0 Å². The molecule has 1 heterocycles. The number of rotatable bonds is 8. The Morgan fingerprint density at radius 1 is 1.30 bits per heavy atom. The minimum atomic E-state index is -3.72. The second kappa shape index (κ2) is 9.07. The van der Waals surface area contributed by atoms with Crippen molar-refractivity contribution in [1.29, 1.82) is 0 Å². The lowest BCUT2D eigenvalue weighted by molar-refractivity contribution is -0.154. The molecular weight excluding hydrogens is 390 g/mol. The Kier molecular flexibility index (Phi) is 7.05. The number of sulfonamides is 1. The first-order valence-electron chi connectivity index (χ1n) is 8.15. The highest BCUT2D eigenvalue weighted by molar-refractivity contribution is 7.89. The summed E-state index contributed by atoms with van der Waals surface area (Å²) < 4.78 is 27.5. The Balaban J connectivity index is 1.75. The summed E-state index contributed by atoms with van der Waals surface area (Å²) in [4.78, 5) is 28.1. The Morgan fingerprint density at radius 2 is 1.96 bits per heavy atom. The standard InChI is InChI=1S/C17H21N3O5S2/c1-11(25-16(21)9-14-10-26-12(2)20-14)17(22)19-8-7-13-3-5-15(6-4-13)27(18,23)24/h3-6,10-11H,7-9H2,1-2H3,(H,19,22)(H2,18,23,24). The van der Waals surface area contributed by atoms with Crippen LogP contribution in [0.1, 0.15) is 23.2 Å². The number of esters is 1. The van der Waals surface area contributed by atoms with Gasteiger partial charge in [0.1, 0.15) is 0 Å². The van der Waals surface area contributed by atoms with Crippen LogP contribution in [0.25, 0.3) is 0 Å². The summed E-state index contributed by atoms with van der Waals surface area (Å²) in [5.74, 6) is -0.916. The zero-order valence-corrected chi connectivity index (χ0v) is 16.6. The second-order valence-corrected chi connectivity index (χ2v) is 8.52. The Hall–Kier alpha value is -2.30. The number of thiazole rings is 1. The first kappa shape index (κ1) is 21.0. The molecule has 8 nitrogen and oxygen atoms in total. The van der Waals surface area contributed by atoms with Gasteiger partial charge in [0.15, 0.2) is 6.10 Å². The molecule has 3 N–H and O–H groups in total. The van der Waals surface area contributed by atoms with Gasteiger partial charge in [0.2, 0.25) is 10.0 Å². The molecule has 0 spiro atoms. The second-order valence-electron chi connectivity index (χ2n) is 5.90. The van der Waals surface area contributed by atoms with Crippen molar-refractivity contribution in [3.63, 3.8) is 0 Å². The number of carbonyl (C=O) groups is 2. The van der Waals surface area contributed by atoms with Gasteiger partial charge in [-0.15, -0.1) is 11.3 Å². The normalized spacial score (nSPS) is 12.4. The van der Waals surface area contributed by atoms with E-state index in [1.807, 2.05) is 6.92 Å². The number of hydrogen-bond donors (Lipinski definition) is 2. The fourth-order valence-electron chi connectivity index (χ4n) is 2.25. The van der Waals surface area contributed by atoms with E-state index in [0.29, 0.717) is 18.7 Å². The van der Waals surface area contributed by atoms with Crippen molar-refractivity contribution in [2.75, 3.05) is 6.54 Å². The van der Waals surface area contributed by atoms with Gasteiger partial charge in [-0.3, -0.25) is 9.59 Å². The lowest BCUT2D eigenvalue weighted by Gasteiger charge is -2.13. The fraction of sp³-hybridized carbons (Fsp3) is 0.353. The van der Waals surface area contributed by atoms with Crippen molar-refractivity contribution < 1.29 is 22.7 Å². The van der Waals surface area contributed by atoms with E-state index >= 15 is 0 Å². The molecule has 1 amide bonds. The summed E-state index contributed by atoms with van der Waals surface area (Å²) in [6.45, 7) is 3.67. The average molecular weight is 412 g/mol. The highest BCUT2D eigenvalue weighted by atomic mass is 32.2. The third kappa shape index (κ3) is 6.74. The van der Waals surface area contributed by atoms with Gasteiger partial charge in [0, 0.05) is 11.9 Å². The number of ether oxygens (including phenoxy) is 1. The Morgan fingerprint density at radius 3 is 2.52 bits per heavy atom. The van der Waals surface area contributed by atoms with Crippen LogP contribution < -0.4 is 10.5 Å². The number of hydrogen-bond acceptors (Lipinski definition) is 7. The molecule has 0 aliphatic rings. The molecule has 1 atom stereocenters. The lowest BCUT2D eigenvalue weighted by atomic mass is 10.1. The molecule has 2 aromatic rings. The zero-order valence-electron chi connectivity index (χ0n) is 15.0. The molecule has 1 aromatic carbocycles. The van der Waals surface area contributed by atoms with Crippen molar-refractivity contribution in [2.24, 2.45) is 5.14 Å².